The Morgan fingerprint density at radius 3 is 3.05 bits per heavy atom. The molecule has 1 N–H and O–H groups in total. The Hall–Kier alpha value is -0.970. The van der Waals surface area contributed by atoms with Crippen molar-refractivity contribution < 1.29 is 14.2 Å². The Morgan fingerprint density at radius 1 is 1.50 bits per heavy atom. The molecule has 2 atom stereocenters. The molecule has 3 nitrogen and oxygen atoms in total. The molecular formula is C16H24FNO2. The quantitative estimate of drug-likeness (QED) is 0.870. The Kier molecular flexibility index (Phi) is 5.95. The lowest BCUT2D eigenvalue weighted by Crippen LogP contribution is -2.32. The summed E-state index contributed by atoms with van der Waals surface area (Å²) in [4.78, 5) is 2.22. The van der Waals surface area contributed by atoms with Gasteiger partial charge in [-0.05, 0) is 49.9 Å². The van der Waals surface area contributed by atoms with E-state index in [0.29, 0.717) is 17.9 Å². The summed E-state index contributed by atoms with van der Waals surface area (Å²) in [5, 5.41) is 10.1. The largest absolute Gasteiger partial charge is 0.388 e. The third-order valence-corrected chi connectivity index (χ3v) is 3.84. The van der Waals surface area contributed by atoms with Crippen molar-refractivity contribution in [2.45, 2.75) is 25.4 Å². The summed E-state index contributed by atoms with van der Waals surface area (Å²) < 4.78 is 18.6. The van der Waals surface area contributed by atoms with Gasteiger partial charge >= 0.3 is 0 Å². The molecule has 1 aliphatic rings. The molecule has 1 heterocycles. The van der Waals surface area contributed by atoms with Crippen molar-refractivity contribution in [3.63, 3.8) is 0 Å². The van der Waals surface area contributed by atoms with Gasteiger partial charge in [-0.15, -0.1) is 0 Å². The van der Waals surface area contributed by atoms with Crippen molar-refractivity contribution in [3.05, 3.63) is 35.6 Å². The molecule has 1 fully saturated rings. The second-order valence-electron chi connectivity index (χ2n) is 5.70. The van der Waals surface area contributed by atoms with E-state index in [0.717, 1.165) is 32.7 Å². The van der Waals surface area contributed by atoms with Crippen molar-refractivity contribution >= 4 is 0 Å². The number of halogens is 1. The highest BCUT2D eigenvalue weighted by molar-refractivity contribution is 5.18. The van der Waals surface area contributed by atoms with Crippen LogP contribution in [-0.2, 0) is 4.74 Å². The predicted molar refractivity (Wildman–Crippen MR) is 77.0 cm³/mol. The molecule has 0 saturated carbocycles. The highest BCUT2D eigenvalue weighted by Crippen LogP contribution is 2.19. The lowest BCUT2D eigenvalue weighted by molar-refractivity contribution is 0.0399. The fraction of sp³-hybridized carbons (Fsp3) is 0.625. The minimum absolute atomic E-state index is 0.297. The highest BCUT2D eigenvalue weighted by Gasteiger charge is 2.16. The van der Waals surface area contributed by atoms with E-state index in [9.17, 15) is 9.50 Å². The first kappa shape index (κ1) is 15.4. The van der Waals surface area contributed by atoms with Gasteiger partial charge in [0.1, 0.15) is 5.82 Å². The van der Waals surface area contributed by atoms with Crippen LogP contribution in [0.4, 0.5) is 4.39 Å². The maximum absolute atomic E-state index is 13.1. The first-order valence-corrected chi connectivity index (χ1v) is 7.35. The van der Waals surface area contributed by atoms with Crippen LogP contribution in [0.25, 0.3) is 0 Å². The predicted octanol–water partition coefficient (Wildman–Crippen LogP) is 2.61. The minimum atomic E-state index is -0.601. The summed E-state index contributed by atoms with van der Waals surface area (Å²) in [5.41, 5.74) is 0.652. The summed E-state index contributed by atoms with van der Waals surface area (Å²) >= 11 is 0. The van der Waals surface area contributed by atoms with Gasteiger partial charge in [-0.3, -0.25) is 0 Å². The van der Waals surface area contributed by atoms with Crippen LogP contribution in [0, 0.1) is 11.7 Å². The molecule has 0 aromatic heterocycles. The monoisotopic (exact) mass is 281 g/mol. The molecule has 112 valence electrons. The SMILES string of the molecule is CN(CCC(O)c1cccc(F)c1)CC1CCCOC1. The van der Waals surface area contributed by atoms with Gasteiger partial charge in [-0.2, -0.15) is 0 Å². The third kappa shape index (κ3) is 4.85. The highest BCUT2D eigenvalue weighted by atomic mass is 19.1. The maximum Gasteiger partial charge on any atom is 0.123 e. The second-order valence-corrected chi connectivity index (χ2v) is 5.70. The van der Waals surface area contributed by atoms with Crippen LogP contribution in [0.15, 0.2) is 24.3 Å². The molecule has 1 aliphatic heterocycles. The Labute approximate surface area is 120 Å². The summed E-state index contributed by atoms with van der Waals surface area (Å²) in [6, 6.07) is 6.20. The lowest BCUT2D eigenvalue weighted by atomic mass is 10.0. The van der Waals surface area contributed by atoms with Gasteiger partial charge in [0.15, 0.2) is 0 Å². The van der Waals surface area contributed by atoms with Crippen LogP contribution < -0.4 is 0 Å². The smallest absolute Gasteiger partial charge is 0.123 e. The van der Waals surface area contributed by atoms with Gasteiger partial charge in [0.05, 0.1) is 12.7 Å². The van der Waals surface area contributed by atoms with Crippen molar-refractivity contribution in [3.8, 4) is 0 Å². The molecule has 0 spiro atoms. The standard InChI is InChI=1S/C16H24FNO2/c1-18(11-13-4-3-9-20-12-13)8-7-16(19)14-5-2-6-15(17)10-14/h2,5-6,10,13,16,19H,3-4,7-9,11-12H2,1H3. The average molecular weight is 281 g/mol. The summed E-state index contributed by atoms with van der Waals surface area (Å²) in [5.74, 6) is 0.300. The van der Waals surface area contributed by atoms with E-state index < -0.39 is 6.10 Å². The van der Waals surface area contributed by atoms with E-state index in [4.69, 9.17) is 4.74 Å². The average Bonchev–Trinajstić information content (AvgIpc) is 2.46. The Balaban J connectivity index is 1.73. The topological polar surface area (TPSA) is 32.7 Å². The van der Waals surface area contributed by atoms with E-state index >= 15 is 0 Å². The molecule has 0 radical (unpaired) electrons. The minimum Gasteiger partial charge on any atom is -0.388 e. The van der Waals surface area contributed by atoms with E-state index in [1.165, 1.54) is 18.6 Å². The molecule has 2 unspecified atom stereocenters. The molecule has 2 rings (SSSR count). The first-order chi connectivity index (χ1) is 9.65. The fourth-order valence-corrected chi connectivity index (χ4v) is 2.71. The van der Waals surface area contributed by atoms with E-state index in [-0.39, 0.29) is 5.82 Å². The van der Waals surface area contributed by atoms with E-state index in [1.807, 2.05) is 0 Å². The summed E-state index contributed by atoms with van der Waals surface area (Å²) in [7, 11) is 2.06. The summed E-state index contributed by atoms with van der Waals surface area (Å²) in [6.07, 6.45) is 2.38. The molecule has 0 bridgehead atoms. The van der Waals surface area contributed by atoms with Gasteiger partial charge in [-0.25, -0.2) is 4.39 Å². The molecule has 1 aromatic rings. The number of aliphatic hydroxyl groups excluding tert-OH is 1. The van der Waals surface area contributed by atoms with E-state index in [2.05, 4.69) is 11.9 Å². The molecule has 0 amide bonds. The zero-order valence-electron chi connectivity index (χ0n) is 12.1. The van der Waals surface area contributed by atoms with Crippen LogP contribution in [0.5, 0.6) is 0 Å². The number of ether oxygens (including phenoxy) is 1. The molecule has 1 saturated heterocycles. The third-order valence-electron chi connectivity index (χ3n) is 3.84. The Morgan fingerprint density at radius 2 is 2.35 bits per heavy atom. The number of hydrogen-bond donors (Lipinski definition) is 1. The Bertz CT molecular complexity index is 407. The van der Waals surface area contributed by atoms with Gasteiger partial charge in [-0.1, -0.05) is 12.1 Å². The first-order valence-electron chi connectivity index (χ1n) is 7.35. The molecule has 0 aliphatic carbocycles. The number of hydrogen-bond acceptors (Lipinski definition) is 3. The van der Waals surface area contributed by atoms with Crippen LogP contribution >= 0.6 is 0 Å². The van der Waals surface area contributed by atoms with Crippen molar-refractivity contribution in [1.82, 2.24) is 4.90 Å². The zero-order chi connectivity index (χ0) is 14.4. The van der Waals surface area contributed by atoms with Crippen molar-refractivity contribution in [2.75, 3.05) is 33.4 Å². The molecule has 4 heteroatoms. The van der Waals surface area contributed by atoms with Crippen LogP contribution in [0.2, 0.25) is 0 Å². The maximum atomic E-state index is 13.1. The molecule has 1 aromatic carbocycles. The van der Waals surface area contributed by atoms with Crippen LogP contribution in [0.1, 0.15) is 30.9 Å². The lowest BCUT2D eigenvalue weighted by Gasteiger charge is -2.27. The number of nitrogens with zero attached hydrogens (tertiary/aromatic N) is 1. The van der Waals surface area contributed by atoms with E-state index in [1.54, 1.807) is 12.1 Å². The van der Waals surface area contributed by atoms with Gasteiger partial charge in [0.25, 0.3) is 0 Å². The number of aliphatic hydroxyl groups is 1. The second kappa shape index (κ2) is 7.72. The van der Waals surface area contributed by atoms with Gasteiger partial charge in [0, 0.05) is 19.7 Å². The van der Waals surface area contributed by atoms with Crippen molar-refractivity contribution in [2.24, 2.45) is 5.92 Å². The van der Waals surface area contributed by atoms with Crippen LogP contribution in [-0.4, -0.2) is 43.4 Å². The zero-order valence-corrected chi connectivity index (χ0v) is 12.1. The fourth-order valence-electron chi connectivity index (χ4n) is 2.71. The molecular weight excluding hydrogens is 257 g/mol. The summed E-state index contributed by atoms with van der Waals surface area (Å²) in [6.45, 7) is 3.53. The normalized spacial score (nSPS) is 21.1. The number of rotatable bonds is 6. The van der Waals surface area contributed by atoms with Crippen molar-refractivity contribution in [1.29, 1.82) is 0 Å². The van der Waals surface area contributed by atoms with Gasteiger partial charge < -0.3 is 14.7 Å². The van der Waals surface area contributed by atoms with Gasteiger partial charge in [0.2, 0.25) is 0 Å². The number of benzene rings is 1. The molecule has 20 heavy (non-hydrogen) atoms. The van der Waals surface area contributed by atoms with Crippen LogP contribution in [0.3, 0.4) is 0 Å².